The van der Waals surface area contributed by atoms with Gasteiger partial charge >= 0.3 is 0 Å². The molecular formula is C37H33N9O14S3. The van der Waals surface area contributed by atoms with Crippen molar-refractivity contribution in [3.05, 3.63) is 89.3 Å². The number of nitriles is 1. The number of imidazole rings is 1. The number of aromatic hydroxyl groups is 1. The fraction of sp³-hybridized carbons (Fsp3) is 0.189. The van der Waals surface area contributed by atoms with Crippen LogP contribution in [0.3, 0.4) is 0 Å². The van der Waals surface area contributed by atoms with Crippen LogP contribution < -0.4 is 9.47 Å². The zero-order valence-corrected chi connectivity index (χ0v) is 35.0. The Morgan fingerprint density at radius 3 is 1.86 bits per heavy atom. The van der Waals surface area contributed by atoms with E-state index in [1.165, 1.54) is 68.5 Å². The van der Waals surface area contributed by atoms with Crippen molar-refractivity contribution in [3.63, 3.8) is 0 Å². The molecule has 0 spiro atoms. The average Bonchev–Trinajstić information content (AvgIpc) is 3.50. The van der Waals surface area contributed by atoms with E-state index < -0.39 is 64.0 Å². The topological polar surface area (TPSA) is 358 Å². The molecule has 63 heavy (non-hydrogen) atoms. The van der Waals surface area contributed by atoms with E-state index in [1.807, 2.05) is 6.07 Å². The summed E-state index contributed by atoms with van der Waals surface area (Å²) >= 11 is 0. The molecule has 0 saturated carbocycles. The van der Waals surface area contributed by atoms with Crippen molar-refractivity contribution < 1.29 is 63.7 Å². The van der Waals surface area contributed by atoms with E-state index in [-0.39, 0.29) is 87.0 Å². The highest BCUT2D eigenvalue weighted by atomic mass is 32.2. The maximum atomic E-state index is 12.4. The van der Waals surface area contributed by atoms with Crippen LogP contribution in [-0.2, 0) is 30.4 Å². The Morgan fingerprint density at radius 1 is 0.746 bits per heavy atom. The van der Waals surface area contributed by atoms with Crippen molar-refractivity contribution in [3.8, 4) is 23.4 Å². The second-order valence-electron chi connectivity index (χ2n) is 13.3. The van der Waals surface area contributed by atoms with Crippen molar-refractivity contribution in [1.29, 1.82) is 5.26 Å². The number of fused-ring (bicyclic) bond motifs is 3. The van der Waals surface area contributed by atoms with Crippen LogP contribution in [0.15, 0.2) is 107 Å². The van der Waals surface area contributed by atoms with Crippen LogP contribution in [0, 0.1) is 18.3 Å². The molecule has 0 aliphatic heterocycles. The average molecular weight is 924 g/mol. The highest BCUT2D eigenvalue weighted by molar-refractivity contribution is 7.87. The van der Waals surface area contributed by atoms with Gasteiger partial charge in [0.25, 0.3) is 30.4 Å². The van der Waals surface area contributed by atoms with E-state index in [0.717, 1.165) is 28.7 Å². The number of pyridine rings is 1. The first-order valence-corrected chi connectivity index (χ1v) is 22.1. The molecule has 6 rings (SSSR count). The minimum atomic E-state index is -4.97. The Balaban J connectivity index is 1.40. The van der Waals surface area contributed by atoms with E-state index in [2.05, 4.69) is 35.7 Å². The van der Waals surface area contributed by atoms with Crippen LogP contribution in [0.4, 0.5) is 34.1 Å². The van der Waals surface area contributed by atoms with Gasteiger partial charge in [0.05, 0.1) is 40.9 Å². The fourth-order valence-electron chi connectivity index (χ4n) is 5.75. The van der Waals surface area contributed by atoms with Gasteiger partial charge in [-0.05, 0) is 68.5 Å². The molecule has 0 bridgehead atoms. The van der Waals surface area contributed by atoms with Crippen LogP contribution in [0.5, 0.6) is 17.4 Å². The number of aliphatic hydroxyl groups is 2. The number of azo groups is 3. The minimum Gasteiger partial charge on any atom is -0.493 e. The van der Waals surface area contributed by atoms with Crippen molar-refractivity contribution in [2.75, 3.05) is 26.4 Å². The lowest BCUT2D eigenvalue weighted by Crippen LogP contribution is -2.29. The van der Waals surface area contributed by atoms with E-state index in [1.54, 1.807) is 0 Å². The summed E-state index contributed by atoms with van der Waals surface area (Å²) in [4.78, 5) is 3.28. The summed E-state index contributed by atoms with van der Waals surface area (Å²) in [6.45, 7) is 1.18. The van der Waals surface area contributed by atoms with Gasteiger partial charge in [0, 0.05) is 17.7 Å². The number of aliphatic hydroxyl groups excluding tert-OH is 2. The molecule has 328 valence electrons. The Kier molecular flexibility index (Phi) is 13.0. The first kappa shape index (κ1) is 45.7. The molecule has 2 heterocycles. The number of hydrogen-bond acceptors (Lipinski definition) is 19. The van der Waals surface area contributed by atoms with E-state index in [0.29, 0.717) is 0 Å². The number of ether oxygens (including phenoxy) is 2. The summed E-state index contributed by atoms with van der Waals surface area (Å²) in [5.41, 5.74) is -0.401. The zero-order chi connectivity index (χ0) is 45.9. The van der Waals surface area contributed by atoms with Gasteiger partial charge < -0.3 is 24.8 Å². The molecule has 0 radical (unpaired) electrons. The third-order valence-corrected chi connectivity index (χ3v) is 12.2. The van der Waals surface area contributed by atoms with Crippen LogP contribution in [0.25, 0.3) is 17.8 Å². The predicted molar refractivity (Wildman–Crippen MR) is 221 cm³/mol. The van der Waals surface area contributed by atoms with Gasteiger partial charge in [0.15, 0.2) is 11.3 Å². The van der Waals surface area contributed by atoms with Crippen LogP contribution in [0.1, 0.15) is 29.4 Å². The van der Waals surface area contributed by atoms with Crippen LogP contribution >= 0.6 is 0 Å². The molecule has 6 N–H and O–H groups in total. The van der Waals surface area contributed by atoms with Gasteiger partial charge in [-0.1, -0.05) is 12.2 Å². The number of rotatable bonds is 15. The molecule has 1 aliphatic carbocycles. The number of benzene rings is 3. The van der Waals surface area contributed by atoms with Gasteiger partial charge in [-0.25, -0.2) is 4.98 Å². The molecule has 0 fully saturated rings. The van der Waals surface area contributed by atoms with Gasteiger partial charge in [0.1, 0.15) is 63.1 Å². The smallest absolute Gasteiger partial charge is 0.296 e. The summed E-state index contributed by atoms with van der Waals surface area (Å²) in [5.74, 6) is -0.796. The molecule has 1 aliphatic rings. The number of aromatic nitrogens is 2. The maximum Gasteiger partial charge on any atom is 0.296 e. The second-order valence-corrected chi connectivity index (χ2v) is 17.9. The van der Waals surface area contributed by atoms with Gasteiger partial charge in [0.2, 0.25) is 5.88 Å². The molecule has 23 nitrogen and oxygen atoms in total. The molecule has 0 amide bonds. The Labute approximate surface area is 357 Å². The predicted octanol–water partition coefficient (Wildman–Crippen LogP) is 6.39. The summed E-state index contributed by atoms with van der Waals surface area (Å²) in [5, 5.41) is 65.1. The number of hydrogen-bond donors (Lipinski definition) is 6. The summed E-state index contributed by atoms with van der Waals surface area (Å²) in [7, 11) is -14.1. The largest absolute Gasteiger partial charge is 0.493 e. The van der Waals surface area contributed by atoms with Gasteiger partial charge in [-0.15, -0.1) is 20.5 Å². The summed E-state index contributed by atoms with van der Waals surface area (Å²) in [6, 6.07) is 12.4. The lowest BCUT2D eigenvalue weighted by molar-refractivity contribution is 0.198. The van der Waals surface area contributed by atoms with Crippen LogP contribution in [0.2, 0.25) is 0 Å². The molecule has 5 aromatic rings. The van der Waals surface area contributed by atoms with E-state index in [4.69, 9.17) is 14.0 Å². The lowest BCUT2D eigenvalue weighted by atomic mass is 10.1. The fourth-order valence-corrected chi connectivity index (χ4v) is 7.35. The highest BCUT2D eigenvalue weighted by Crippen LogP contribution is 2.44. The molecule has 3 aromatic carbocycles. The quantitative estimate of drug-likeness (QED) is 0.0489. The molecule has 2 aromatic heterocycles. The van der Waals surface area contributed by atoms with Gasteiger partial charge in [-0.3, -0.25) is 18.1 Å². The standard InChI is InChI=1S/C37H33N9O14S3/c1-21-25(20-38)35-39-26-9-11-37(2,63(56,57)58)12-10-30(26)46(35)36(49)34(21)45-44-29-19-31(59-15-13-47)28(18-32(29)60-16-14-48)43-42-27-8-5-23(17-33(27)62(53,54)55)41-40-22-3-6-24(7-4-22)61(50,51)52/h3-12,17-19,47-49H,13-16H2,1-2H3,(H,50,51,52)(H,53,54,55)(H,56,57,58). The first-order chi connectivity index (χ1) is 29.7. The minimum absolute atomic E-state index is 0.00473. The maximum absolute atomic E-state index is 12.4. The first-order valence-electron chi connectivity index (χ1n) is 17.8. The van der Waals surface area contributed by atoms with E-state index in [9.17, 15) is 54.9 Å². The normalized spacial score (nSPS) is 15.7. The van der Waals surface area contributed by atoms with Crippen molar-refractivity contribution in [2.45, 2.75) is 28.4 Å². The highest BCUT2D eigenvalue weighted by Gasteiger charge is 2.35. The SMILES string of the molecule is Cc1c(N=Nc2cc(OCCO)c(N=Nc3ccc(N=Nc4ccc(S(=O)(=O)O)cc4)cc3S(=O)(=O)O)cc2OCCO)c(O)n2c3c(nc2c1C#N)C=CC(C)(S(=O)(=O)O)C=C3. The monoisotopic (exact) mass is 923 g/mol. The van der Waals surface area contributed by atoms with Gasteiger partial charge in [-0.2, -0.15) is 40.7 Å². The Bertz CT molecular complexity index is 3180. The summed E-state index contributed by atoms with van der Waals surface area (Å²) in [6.07, 6.45) is 4.99. The Morgan fingerprint density at radius 2 is 1.30 bits per heavy atom. The molecule has 1 atom stereocenters. The molecule has 0 saturated heterocycles. The van der Waals surface area contributed by atoms with Crippen LogP contribution in [-0.4, -0.2) is 94.8 Å². The third kappa shape index (κ3) is 9.80. The second kappa shape index (κ2) is 17.9. The molecule has 1 unspecified atom stereocenters. The third-order valence-electron chi connectivity index (χ3n) is 9.03. The van der Waals surface area contributed by atoms with E-state index >= 15 is 0 Å². The lowest BCUT2D eigenvalue weighted by Gasteiger charge is -2.16. The van der Waals surface area contributed by atoms with Crippen molar-refractivity contribution >= 4 is 82.3 Å². The molecular weight excluding hydrogens is 891 g/mol. The zero-order valence-electron chi connectivity index (χ0n) is 32.5. The Hall–Kier alpha value is -6.83. The van der Waals surface area contributed by atoms with Crippen molar-refractivity contribution in [1.82, 2.24) is 9.38 Å². The molecule has 26 heteroatoms. The number of nitrogens with zero attached hydrogens (tertiary/aromatic N) is 9. The van der Waals surface area contributed by atoms with Crippen molar-refractivity contribution in [2.24, 2.45) is 30.7 Å². The summed E-state index contributed by atoms with van der Waals surface area (Å²) < 4.78 is 111.